The van der Waals surface area contributed by atoms with Crippen molar-refractivity contribution in [2.75, 3.05) is 25.6 Å². The molecule has 0 spiro atoms. The fourth-order valence-electron chi connectivity index (χ4n) is 3.02. The smallest absolute Gasteiger partial charge is 0.338 e. The van der Waals surface area contributed by atoms with Gasteiger partial charge < -0.3 is 14.6 Å². The second-order valence-corrected chi connectivity index (χ2v) is 6.54. The molecule has 2 rings (SSSR count). The highest BCUT2D eigenvalue weighted by Crippen LogP contribution is 2.28. The van der Waals surface area contributed by atoms with Gasteiger partial charge in [0.05, 0.1) is 16.2 Å². The number of rotatable bonds is 7. The van der Waals surface area contributed by atoms with Gasteiger partial charge in [0.2, 0.25) is 5.78 Å². The molecule has 0 amide bonds. The standard InChI is InChI=1S/C19H21N3O6/c1-10-17(12(3)23)11(2)20-18(10)16(24)9-28-19(25)13-6-7-14(21(4)5)15(8-13)22(26)27/h6-8,20H,9H2,1-5H3. The molecule has 9 heteroatoms. The number of nitro benzene ring substituents is 1. The molecule has 0 aliphatic rings. The molecule has 28 heavy (non-hydrogen) atoms. The number of aromatic amines is 1. The van der Waals surface area contributed by atoms with Gasteiger partial charge >= 0.3 is 5.97 Å². The Morgan fingerprint density at radius 1 is 1.21 bits per heavy atom. The third-order valence-corrected chi connectivity index (χ3v) is 4.29. The van der Waals surface area contributed by atoms with Crippen molar-refractivity contribution in [3.05, 3.63) is 56.4 Å². The Kier molecular flexibility index (Phi) is 5.97. The number of aromatic nitrogens is 1. The highest BCUT2D eigenvalue weighted by atomic mass is 16.6. The Bertz CT molecular complexity index is 974. The van der Waals surface area contributed by atoms with E-state index in [1.54, 1.807) is 32.8 Å². The van der Waals surface area contributed by atoms with Crippen LogP contribution in [0.2, 0.25) is 0 Å². The third-order valence-electron chi connectivity index (χ3n) is 4.29. The minimum Gasteiger partial charge on any atom is -0.454 e. The van der Waals surface area contributed by atoms with E-state index in [9.17, 15) is 24.5 Å². The number of hydrogen-bond acceptors (Lipinski definition) is 7. The number of carbonyl (C=O) groups is 3. The highest BCUT2D eigenvalue weighted by Gasteiger charge is 2.23. The zero-order valence-electron chi connectivity index (χ0n) is 16.3. The first-order valence-electron chi connectivity index (χ1n) is 8.40. The number of hydrogen-bond donors (Lipinski definition) is 1. The molecule has 1 aromatic carbocycles. The van der Waals surface area contributed by atoms with Crippen LogP contribution in [0.25, 0.3) is 0 Å². The molecule has 0 bridgehead atoms. The minimum atomic E-state index is -0.852. The van der Waals surface area contributed by atoms with Crippen molar-refractivity contribution in [2.24, 2.45) is 0 Å². The van der Waals surface area contributed by atoms with Gasteiger partial charge in [-0.2, -0.15) is 0 Å². The number of benzene rings is 1. The van der Waals surface area contributed by atoms with Gasteiger partial charge in [0.1, 0.15) is 5.69 Å². The molecule has 0 aliphatic carbocycles. The summed E-state index contributed by atoms with van der Waals surface area (Å²) in [5, 5.41) is 11.2. The summed E-state index contributed by atoms with van der Waals surface area (Å²) in [6.45, 7) is 4.17. The molecule has 0 atom stereocenters. The first-order valence-corrected chi connectivity index (χ1v) is 8.40. The number of ketones is 2. The van der Waals surface area contributed by atoms with E-state index in [4.69, 9.17) is 4.74 Å². The summed E-state index contributed by atoms with van der Waals surface area (Å²) in [5.41, 5.74) is 1.76. The first-order chi connectivity index (χ1) is 13.0. The van der Waals surface area contributed by atoms with Gasteiger partial charge in [0.15, 0.2) is 12.4 Å². The molecule has 0 fully saturated rings. The molecule has 1 aromatic heterocycles. The van der Waals surface area contributed by atoms with Gasteiger partial charge in [-0.1, -0.05) is 0 Å². The molecule has 1 N–H and O–H groups in total. The zero-order chi connectivity index (χ0) is 21.2. The Morgan fingerprint density at radius 3 is 2.36 bits per heavy atom. The van der Waals surface area contributed by atoms with E-state index in [2.05, 4.69) is 4.98 Å². The summed E-state index contributed by atoms with van der Waals surface area (Å²) in [7, 11) is 3.30. The highest BCUT2D eigenvalue weighted by molar-refractivity contribution is 6.04. The Labute approximate surface area is 161 Å². The third kappa shape index (κ3) is 4.08. The average Bonchev–Trinajstić information content (AvgIpc) is 2.93. The molecule has 0 saturated carbocycles. The lowest BCUT2D eigenvalue weighted by molar-refractivity contribution is -0.384. The minimum absolute atomic E-state index is 0.0334. The van der Waals surface area contributed by atoms with Crippen LogP contribution in [-0.4, -0.2) is 48.1 Å². The van der Waals surface area contributed by atoms with Gasteiger partial charge in [-0.15, -0.1) is 0 Å². The molecule has 0 aliphatic heterocycles. The normalized spacial score (nSPS) is 10.5. The molecular formula is C19H21N3O6. The number of nitro groups is 1. The molecule has 0 radical (unpaired) electrons. The lowest BCUT2D eigenvalue weighted by atomic mass is 10.1. The SMILES string of the molecule is CC(=O)c1c(C)[nH]c(C(=O)COC(=O)c2ccc(N(C)C)c([N+](=O)[O-])c2)c1C. The molecule has 0 saturated heterocycles. The van der Waals surface area contributed by atoms with Crippen LogP contribution in [0.15, 0.2) is 18.2 Å². The zero-order valence-corrected chi connectivity index (χ0v) is 16.3. The largest absolute Gasteiger partial charge is 0.454 e. The fourth-order valence-corrected chi connectivity index (χ4v) is 3.02. The number of H-pyrrole nitrogens is 1. The van der Waals surface area contributed by atoms with E-state index < -0.39 is 23.3 Å². The van der Waals surface area contributed by atoms with E-state index in [0.29, 0.717) is 22.5 Å². The van der Waals surface area contributed by atoms with Crippen LogP contribution >= 0.6 is 0 Å². The molecule has 2 aromatic rings. The van der Waals surface area contributed by atoms with Crippen LogP contribution in [0.4, 0.5) is 11.4 Å². The van der Waals surface area contributed by atoms with Crippen LogP contribution in [0, 0.1) is 24.0 Å². The Balaban J connectivity index is 2.17. The summed E-state index contributed by atoms with van der Waals surface area (Å²) in [6, 6.07) is 3.95. The molecule has 1 heterocycles. The summed E-state index contributed by atoms with van der Waals surface area (Å²) < 4.78 is 5.01. The maximum Gasteiger partial charge on any atom is 0.338 e. The predicted octanol–water partition coefficient (Wildman–Crippen LogP) is 2.85. The Hall–Kier alpha value is -3.49. The summed E-state index contributed by atoms with van der Waals surface area (Å²) in [5.74, 6) is -1.52. The first kappa shape index (κ1) is 20.8. The number of nitrogens with one attached hydrogen (secondary N) is 1. The predicted molar refractivity (Wildman–Crippen MR) is 102 cm³/mol. The second-order valence-electron chi connectivity index (χ2n) is 6.54. The molecular weight excluding hydrogens is 366 g/mol. The number of Topliss-reactive ketones (excluding diaryl/α,β-unsaturated/α-hetero) is 2. The summed E-state index contributed by atoms with van der Waals surface area (Å²) in [4.78, 5) is 51.3. The topological polar surface area (TPSA) is 123 Å². The quantitative estimate of drug-likeness (QED) is 0.335. The number of aryl methyl sites for hydroxylation is 1. The van der Waals surface area contributed by atoms with Crippen molar-refractivity contribution in [1.29, 1.82) is 0 Å². The van der Waals surface area contributed by atoms with Gasteiger partial charge in [-0.25, -0.2) is 4.79 Å². The van der Waals surface area contributed by atoms with Crippen molar-refractivity contribution in [3.63, 3.8) is 0 Å². The van der Waals surface area contributed by atoms with Crippen LogP contribution in [-0.2, 0) is 4.74 Å². The van der Waals surface area contributed by atoms with E-state index in [1.165, 1.54) is 19.1 Å². The summed E-state index contributed by atoms with van der Waals surface area (Å²) in [6.07, 6.45) is 0. The van der Waals surface area contributed by atoms with E-state index in [-0.39, 0.29) is 22.7 Å². The summed E-state index contributed by atoms with van der Waals surface area (Å²) >= 11 is 0. The maximum absolute atomic E-state index is 12.4. The van der Waals surface area contributed by atoms with Crippen molar-refractivity contribution in [3.8, 4) is 0 Å². The number of ether oxygens (including phenoxy) is 1. The van der Waals surface area contributed by atoms with Crippen LogP contribution in [0.5, 0.6) is 0 Å². The molecule has 9 nitrogen and oxygen atoms in total. The van der Waals surface area contributed by atoms with Gasteiger partial charge in [0, 0.05) is 31.4 Å². The fraction of sp³-hybridized carbons (Fsp3) is 0.316. The van der Waals surface area contributed by atoms with Crippen molar-refractivity contribution < 1.29 is 24.0 Å². The van der Waals surface area contributed by atoms with E-state index in [1.807, 2.05) is 0 Å². The number of esters is 1. The van der Waals surface area contributed by atoms with Gasteiger partial charge in [-0.05, 0) is 38.5 Å². The average molecular weight is 387 g/mol. The van der Waals surface area contributed by atoms with Gasteiger partial charge in [0.25, 0.3) is 5.69 Å². The lowest BCUT2D eigenvalue weighted by Gasteiger charge is -2.13. The lowest BCUT2D eigenvalue weighted by Crippen LogP contribution is -2.16. The van der Waals surface area contributed by atoms with Crippen molar-refractivity contribution in [1.82, 2.24) is 4.98 Å². The number of nitrogens with zero attached hydrogens (tertiary/aromatic N) is 2. The van der Waals surface area contributed by atoms with Crippen molar-refractivity contribution >= 4 is 28.9 Å². The molecule has 0 unspecified atom stereocenters. The van der Waals surface area contributed by atoms with E-state index in [0.717, 1.165) is 6.07 Å². The van der Waals surface area contributed by atoms with Crippen LogP contribution in [0.1, 0.15) is 49.4 Å². The second kappa shape index (κ2) is 8.03. The van der Waals surface area contributed by atoms with Crippen LogP contribution < -0.4 is 4.90 Å². The maximum atomic E-state index is 12.4. The molecule has 148 valence electrons. The number of carbonyl (C=O) groups excluding carboxylic acids is 3. The van der Waals surface area contributed by atoms with Gasteiger partial charge in [-0.3, -0.25) is 19.7 Å². The van der Waals surface area contributed by atoms with E-state index >= 15 is 0 Å². The Morgan fingerprint density at radius 2 is 1.86 bits per heavy atom. The van der Waals surface area contributed by atoms with Crippen molar-refractivity contribution in [2.45, 2.75) is 20.8 Å². The van der Waals surface area contributed by atoms with Crippen LogP contribution in [0.3, 0.4) is 0 Å². The monoisotopic (exact) mass is 387 g/mol. The number of anilines is 1.